The Morgan fingerprint density at radius 2 is 1.79 bits per heavy atom. The van der Waals surface area contributed by atoms with E-state index < -0.39 is 33.7 Å². The Kier molecular flexibility index (Phi) is 5.26. The van der Waals surface area contributed by atoms with Crippen LogP contribution in [-0.2, 0) is 15.8 Å². The van der Waals surface area contributed by atoms with Gasteiger partial charge in [0.05, 0.1) is 27.7 Å². The van der Waals surface area contributed by atoms with Gasteiger partial charge in [0.2, 0.25) is 0 Å². The lowest BCUT2D eigenvalue weighted by Gasteiger charge is -2.27. The van der Waals surface area contributed by atoms with Crippen molar-refractivity contribution in [3.05, 3.63) is 35.9 Å². The summed E-state index contributed by atoms with van der Waals surface area (Å²) in [7, 11) is -1.32. The van der Waals surface area contributed by atoms with Crippen LogP contribution in [0, 0.1) is 5.92 Å². The lowest BCUT2D eigenvalue weighted by Crippen LogP contribution is -2.39. The van der Waals surface area contributed by atoms with Crippen molar-refractivity contribution >= 4 is 17.0 Å². The first-order valence-electron chi connectivity index (χ1n) is 6.19. The fourth-order valence-corrected chi connectivity index (χ4v) is 2.48. The molecule has 0 spiro atoms. The van der Waals surface area contributed by atoms with Gasteiger partial charge in [-0.1, -0.05) is 37.3 Å². The zero-order chi connectivity index (χ0) is 14.6. The molecule has 0 aliphatic carbocycles. The highest BCUT2D eigenvalue weighted by molar-refractivity contribution is 7.84. The molecule has 0 radical (unpaired) electrons. The third kappa shape index (κ3) is 4.44. The van der Waals surface area contributed by atoms with Crippen LogP contribution in [0.15, 0.2) is 30.3 Å². The number of hydrogen-bond donors (Lipinski definition) is 2. The lowest BCUT2D eigenvalue weighted by molar-refractivity contribution is -0.142. The first-order chi connectivity index (χ1) is 8.73. The molecule has 19 heavy (non-hydrogen) atoms. The summed E-state index contributed by atoms with van der Waals surface area (Å²) in [6.45, 7) is 7.17. The van der Waals surface area contributed by atoms with Gasteiger partial charge >= 0.3 is 5.97 Å². The predicted molar refractivity (Wildman–Crippen MR) is 77.0 cm³/mol. The summed E-state index contributed by atoms with van der Waals surface area (Å²) in [5.41, 5.74) is 0.829. The molecule has 1 aromatic carbocycles. The zero-order valence-corrected chi connectivity index (χ0v) is 12.5. The van der Waals surface area contributed by atoms with Crippen molar-refractivity contribution in [2.75, 3.05) is 0 Å². The molecule has 106 valence electrons. The monoisotopic (exact) mass is 283 g/mol. The molecule has 3 atom stereocenters. The number of rotatable bonds is 5. The predicted octanol–water partition coefficient (Wildman–Crippen LogP) is 2.50. The summed E-state index contributed by atoms with van der Waals surface area (Å²) in [5.74, 6) is -1.57. The second kappa shape index (κ2) is 6.30. The lowest BCUT2D eigenvalue weighted by atomic mass is 9.96. The first-order valence-corrected chi connectivity index (χ1v) is 7.34. The molecule has 0 bridgehead atoms. The van der Waals surface area contributed by atoms with E-state index >= 15 is 0 Å². The number of carbonyl (C=O) groups is 1. The maximum absolute atomic E-state index is 12.2. The minimum Gasteiger partial charge on any atom is -0.481 e. The van der Waals surface area contributed by atoms with Crippen LogP contribution in [0.25, 0.3) is 0 Å². The average Bonchev–Trinajstić information content (AvgIpc) is 2.34. The molecule has 0 saturated carbocycles. The Hall–Kier alpha value is -1.20. The molecule has 0 amide bonds. The molecule has 0 aliphatic heterocycles. The van der Waals surface area contributed by atoms with Crippen molar-refractivity contribution in [2.24, 2.45) is 5.92 Å². The Morgan fingerprint density at radius 1 is 1.26 bits per heavy atom. The van der Waals surface area contributed by atoms with Crippen LogP contribution in [0.2, 0.25) is 0 Å². The molecule has 0 aromatic heterocycles. The smallest absolute Gasteiger partial charge is 0.308 e. The van der Waals surface area contributed by atoms with Gasteiger partial charge in [-0.15, -0.1) is 0 Å². The Labute approximate surface area is 116 Å². The van der Waals surface area contributed by atoms with E-state index in [9.17, 15) is 14.1 Å². The molecule has 0 heterocycles. The SMILES string of the molecule is C[C@H](C(=O)O)[C@H](NS(=O)C(C)(C)C)c1ccccc1. The van der Waals surface area contributed by atoms with E-state index in [0.717, 1.165) is 5.56 Å². The maximum Gasteiger partial charge on any atom is 0.308 e. The van der Waals surface area contributed by atoms with Crippen molar-refractivity contribution < 1.29 is 14.1 Å². The van der Waals surface area contributed by atoms with Gasteiger partial charge in [-0.25, -0.2) is 8.93 Å². The molecule has 2 N–H and O–H groups in total. The van der Waals surface area contributed by atoms with Crippen LogP contribution in [0.1, 0.15) is 39.3 Å². The summed E-state index contributed by atoms with van der Waals surface area (Å²) >= 11 is 0. The summed E-state index contributed by atoms with van der Waals surface area (Å²) in [5, 5.41) is 9.19. The first kappa shape index (κ1) is 15.9. The van der Waals surface area contributed by atoms with Crippen molar-refractivity contribution in [2.45, 2.75) is 38.5 Å². The maximum atomic E-state index is 12.2. The third-order valence-electron chi connectivity index (χ3n) is 2.84. The zero-order valence-electron chi connectivity index (χ0n) is 11.7. The number of hydrogen-bond acceptors (Lipinski definition) is 2. The second-order valence-corrected chi connectivity index (χ2v) is 7.51. The number of benzene rings is 1. The van der Waals surface area contributed by atoms with Gasteiger partial charge in [0.15, 0.2) is 0 Å². The van der Waals surface area contributed by atoms with E-state index in [1.807, 2.05) is 51.1 Å². The molecule has 4 nitrogen and oxygen atoms in total. The molecule has 1 rings (SSSR count). The van der Waals surface area contributed by atoms with E-state index in [1.54, 1.807) is 6.92 Å². The van der Waals surface area contributed by atoms with Crippen LogP contribution in [0.4, 0.5) is 0 Å². The second-order valence-electron chi connectivity index (χ2n) is 5.51. The molecule has 5 heteroatoms. The van der Waals surface area contributed by atoms with Crippen LogP contribution >= 0.6 is 0 Å². The number of nitrogens with one attached hydrogen (secondary N) is 1. The number of carboxylic acids is 1. The Bertz CT molecular complexity index is 454. The van der Waals surface area contributed by atoms with E-state index in [1.165, 1.54) is 0 Å². The highest BCUT2D eigenvalue weighted by Gasteiger charge is 2.30. The van der Waals surface area contributed by atoms with Crippen molar-refractivity contribution in [3.8, 4) is 0 Å². The minimum atomic E-state index is -1.32. The van der Waals surface area contributed by atoms with Gasteiger partial charge in [0.25, 0.3) is 0 Å². The molecule has 0 aliphatic rings. The summed E-state index contributed by atoms with van der Waals surface area (Å²) < 4.78 is 14.7. The van der Waals surface area contributed by atoms with Crippen LogP contribution in [0.5, 0.6) is 0 Å². The van der Waals surface area contributed by atoms with Gasteiger partial charge in [-0.05, 0) is 26.3 Å². The largest absolute Gasteiger partial charge is 0.481 e. The normalized spacial score (nSPS) is 16.6. The Morgan fingerprint density at radius 3 is 2.21 bits per heavy atom. The molecular weight excluding hydrogens is 262 g/mol. The molecule has 1 aromatic rings. The minimum absolute atomic E-state index is 0.439. The summed E-state index contributed by atoms with van der Waals surface area (Å²) in [6, 6.07) is 8.77. The average molecular weight is 283 g/mol. The fraction of sp³-hybridized carbons (Fsp3) is 0.500. The molecule has 0 fully saturated rings. The number of aliphatic carboxylic acids is 1. The van der Waals surface area contributed by atoms with Crippen LogP contribution in [0.3, 0.4) is 0 Å². The van der Waals surface area contributed by atoms with Gasteiger partial charge in [-0.2, -0.15) is 0 Å². The fourth-order valence-electron chi connectivity index (χ4n) is 1.55. The molecule has 1 unspecified atom stereocenters. The van der Waals surface area contributed by atoms with Crippen molar-refractivity contribution in [3.63, 3.8) is 0 Å². The summed E-state index contributed by atoms with van der Waals surface area (Å²) in [6.07, 6.45) is 0. The van der Waals surface area contributed by atoms with Gasteiger partial charge in [-0.3, -0.25) is 4.79 Å². The molecule has 0 saturated heterocycles. The van der Waals surface area contributed by atoms with E-state index in [2.05, 4.69) is 4.72 Å². The van der Waals surface area contributed by atoms with Crippen molar-refractivity contribution in [1.82, 2.24) is 4.72 Å². The van der Waals surface area contributed by atoms with E-state index in [0.29, 0.717) is 0 Å². The highest BCUT2D eigenvalue weighted by Crippen LogP contribution is 2.24. The summed E-state index contributed by atoms with van der Waals surface area (Å²) in [4.78, 5) is 11.2. The van der Waals surface area contributed by atoms with Crippen LogP contribution in [-0.4, -0.2) is 20.0 Å². The van der Waals surface area contributed by atoms with Gasteiger partial charge < -0.3 is 5.11 Å². The van der Waals surface area contributed by atoms with Gasteiger partial charge in [0, 0.05) is 0 Å². The van der Waals surface area contributed by atoms with Crippen molar-refractivity contribution in [1.29, 1.82) is 0 Å². The van der Waals surface area contributed by atoms with Gasteiger partial charge in [0.1, 0.15) is 0 Å². The third-order valence-corrected chi connectivity index (χ3v) is 4.42. The van der Waals surface area contributed by atoms with Crippen LogP contribution < -0.4 is 4.72 Å². The van der Waals surface area contributed by atoms with E-state index in [4.69, 9.17) is 0 Å². The standard InChI is InChI=1S/C14H21NO3S/c1-10(13(16)17)12(11-8-6-5-7-9-11)15-19(18)14(2,3)4/h5-10,12,15H,1-4H3,(H,16,17)/t10-,12-,19?/m0/s1. The topological polar surface area (TPSA) is 66.4 Å². The Balaban J connectivity index is 3.01. The molecular formula is C14H21NO3S. The highest BCUT2D eigenvalue weighted by atomic mass is 32.2. The number of carboxylic acid groups (broad SMARTS) is 1. The quantitative estimate of drug-likeness (QED) is 0.872. The van der Waals surface area contributed by atoms with E-state index in [-0.39, 0.29) is 0 Å².